The first-order valence-electron chi connectivity index (χ1n) is 5.56. The summed E-state index contributed by atoms with van der Waals surface area (Å²) < 4.78 is 5.28. The molecule has 2 heteroatoms. The monoisotopic (exact) mass is 205 g/mol. The minimum atomic E-state index is 0.347. The van der Waals surface area contributed by atoms with E-state index < -0.39 is 0 Å². The zero-order chi connectivity index (χ0) is 10.7. The minimum Gasteiger partial charge on any atom is -0.380 e. The first-order chi connectivity index (χ1) is 7.23. The lowest BCUT2D eigenvalue weighted by Gasteiger charge is -2.40. The van der Waals surface area contributed by atoms with Crippen molar-refractivity contribution in [2.24, 2.45) is 11.1 Å². The van der Waals surface area contributed by atoms with E-state index in [1.54, 1.807) is 0 Å². The van der Waals surface area contributed by atoms with Crippen molar-refractivity contribution in [3.63, 3.8) is 0 Å². The predicted octanol–water partition coefficient (Wildman–Crippen LogP) is 2.16. The Hall–Kier alpha value is -0.860. The molecule has 1 fully saturated rings. The predicted molar refractivity (Wildman–Crippen MR) is 61.8 cm³/mol. The van der Waals surface area contributed by atoms with Gasteiger partial charge in [-0.3, -0.25) is 0 Å². The molecule has 1 aliphatic heterocycles. The van der Waals surface area contributed by atoms with E-state index in [1.165, 1.54) is 5.56 Å². The van der Waals surface area contributed by atoms with Crippen LogP contribution in [-0.4, -0.2) is 19.8 Å². The van der Waals surface area contributed by atoms with Crippen molar-refractivity contribution >= 4 is 0 Å². The summed E-state index contributed by atoms with van der Waals surface area (Å²) in [5, 5.41) is 0. The molecule has 0 spiro atoms. The quantitative estimate of drug-likeness (QED) is 0.817. The molecule has 0 saturated carbocycles. The lowest BCUT2D eigenvalue weighted by molar-refractivity contribution is -0.108. The highest BCUT2D eigenvalue weighted by Crippen LogP contribution is 2.37. The largest absolute Gasteiger partial charge is 0.380 e. The van der Waals surface area contributed by atoms with E-state index in [0.717, 1.165) is 26.2 Å². The van der Waals surface area contributed by atoms with E-state index in [9.17, 15) is 0 Å². The van der Waals surface area contributed by atoms with Gasteiger partial charge in [0.15, 0.2) is 0 Å². The summed E-state index contributed by atoms with van der Waals surface area (Å²) in [5.41, 5.74) is 7.55. The highest BCUT2D eigenvalue weighted by atomic mass is 16.5. The van der Waals surface area contributed by atoms with Gasteiger partial charge in [0.25, 0.3) is 0 Å². The highest BCUT2D eigenvalue weighted by molar-refractivity contribution is 5.20. The number of ether oxygens (including phenoxy) is 1. The van der Waals surface area contributed by atoms with Crippen molar-refractivity contribution in [2.45, 2.75) is 19.3 Å². The normalized spacial score (nSPS) is 20.7. The molecule has 1 saturated heterocycles. The molecule has 1 aromatic carbocycles. The number of benzene rings is 1. The zero-order valence-electron chi connectivity index (χ0n) is 9.28. The lowest BCUT2D eigenvalue weighted by atomic mass is 9.77. The van der Waals surface area contributed by atoms with Gasteiger partial charge in [-0.2, -0.15) is 0 Å². The van der Waals surface area contributed by atoms with Gasteiger partial charge in [0.2, 0.25) is 0 Å². The van der Waals surface area contributed by atoms with Crippen molar-refractivity contribution in [3.05, 3.63) is 35.9 Å². The van der Waals surface area contributed by atoms with E-state index in [-0.39, 0.29) is 0 Å². The smallest absolute Gasteiger partial charge is 0.0542 e. The summed E-state index contributed by atoms with van der Waals surface area (Å²) in [5.74, 6) is 0.472. The Morgan fingerprint density at radius 1 is 1.33 bits per heavy atom. The zero-order valence-corrected chi connectivity index (χ0v) is 9.28. The van der Waals surface area contributed by atoms with Crippen LogP contribution in [0.15, 0.2) is 30.3 Å². The fourth-order valence-electron chi connectivity index (χ4n) is 2.23. The van der Waals surface area contributed by atoms with Crippen LogP contribution >= 0.6 is 0 Å². The summed E-state index contributed by atoms with van der Waals surface area (Å²) in [4.78, 5) is 0. The van der Waals surface area contributed by atoms with Crippen LogP contribution in [0.1, 0.15) is 24.8 Å². The summed E-state index contributed by atoms with van der Waals surface area (Å²) in [7, 11) is 0. The molecular formula is C13H19NO. The maximum Gasteiger partial charge on any atom is 0.0542 e. The molecule has 2 nitrogen and oxygen atoms in total. The molecule has 1 heterocycles. The third-order valence-corrected chi connectivity index (χ3v) is 3.20. The van der Waals surface area contributed by atoms with Crippen LogP contribution in [0.4, 0.5) is 0 Å². The third-order valence-electron chi connectivity index (χ3n) is 3.20. The van der Waals surface area contributed by atoms with Crippen molar-refractivity contribution in [3.8, 4) is 0 Å². The summed E-state index contributed by atoms with van der Waals surface area (Å²) in [6.07, 6.45) is 1.13. The first kappa shape index (κ1) is 10.7. The highest BCUT2D eigenvalue weighted by Gasteiger charge is 2.35. The number of hydrogen-bond donors (Lipinski definition) is 1. The Morgan fingerprint density at radius 3 is 2.47 bits per heavy atom. The average molecular weight is 205 g/mol. The standard InChI is InChI=1S/C13H19NO/c1-13(9-15-10-13)7-12(8-14)11-5-3-2-4-6-11/h2-6,12H,7-10,14H2,1H3. The number of hydrogen-bond acceptors (Lipinski definition) is 2. The van der Waals surface area contributed by atoms with Crippen molar-refractivity contribution in [2.75, 3.05) is 19.8 Å². The first-order valence-corrected chi connectivity index (χ1v) is 5.56. The molecule has 1 atom stereocenters. The fraction of sp³-hybridized carbons (Fsp3) is 0.538. The lowest BCUT2D eigenvalue weighted by Crippen LogP contribution is -2.41. The van der Waals surface area contributed by atoms with E-state index in [1.807, 2.05) is 6.07 Å². The van der Waals surface area contributed by atoms with Gasteiger partial charge in [0, 0.05) is 5.41 Å². The van der Waals surface area contributed by atoms with Gasteiger partial charge in [0.05, 0.1) is 13.2 Å². The molecule has 0 amide bonds. The van der Waals surface area contributed by atoms with Crippen LogP contribution in [0.5, 0.6) is 0 Å². The SMILES string of the molecule is CC1(CC(CN)c2ccccc2)COC1. The molecule has 15 heavy (non-hydrogen) atoms. The molecule has 1 unspecified atom stereocenters. The Balaban J connectivity index is 2.04. The van der Waals surface area contributed by atoms with E-state index in [4.69, 9.17) is 10.5 Å². The van der Waals surface area contributed by atoms with E-state index in [2.05, 4.69) is 31.2 Å². The van der Waals surface area contributed by atoms with Crippen LogP contribution in [0.25, 0.3) is 0 Å². The van der Waals surface area contributed by atoms with Crippen LogP contribution in [-0.2, 0) is 4.74 Å². The molecule has 0 aromatic heterocycles. The van der Waals surface area contributed by atoms with Crippen LogP contribution in [0, 0.1) is 5.41 Å². The molecule has 2 rings (SSSR count). The summed E-state index contributed by atoms with van der Waals surface area (Å²) in [6.45, 7) is 4.77. The Labute approximate surface area is 91.4 Å². The molecule has 1 aliphatic rings. The molecule has 0 bridgehead atoms. The molecule has 0 aliphatic carbocycles. The van der Waals surface area contributed by atoms with Crippen molar-refractivity contribution in [1.82, 2.24) is 0 Å². The van der Waals surface area contributed by atoms with Crippen molar-refractivity contribution in [1.29, 1.82) is 0 Å². The summed E-state index contributed by atoms with van der Waals surface area (Å²) in [6, 6.07) is 10.5. The van der Waals surface area contributed by atoms with Gasteiger partial charge in [0.1, 0.15) is 0 Å². The Morgan fingerprint density at radius 2 is 2.00 bits per heavy atom. The van der Waals surface area contributed by atoms with Gasteiger partial charge in [-0.15, -0.1) is 0 Å². The molecule has 2 N–H and O–H groups in total. The molecule has 82 valence electrons. The van der Waals surface area contributed by atoms with Gasteiger partial charge in [-0.25, -0.2) is 0 Å². The van der Waals surface area contributed by atoms with Gasteiger partial charge in [-0.05, 0) is 24.4 Å². The fourth-order valence-corrected chi connectivity index (χ4v) is 2.23. The molecule has 1 aromatic rings. The second-order valence-corrected chi connectivity index (χ2v) is 4.85. The molecule has 0 radical (unpaired) electrons. The van der Waals surface area contributed by atoms with Crippen LogP contribution in [0.3, 0.4) is 0 Å². The molecular weight excluding hydrogens is 186 g/mol. The second kappa shape index (κ2) is 4.33. The van der Waals surface area contributed by atoms with Gasteiger partial charge >= 0.3 is 0 Å². The second-order valence-electron chi connectivity index (χ2n) is 4.85. The topological polar surface area (TPSA) is 35.2 Å². The minimum absolute atomic E-state index is 0.347. The van der Waals surface area contributed by atoms with Crippen molar-refractivity contribution < 1.29 is 4.74 Å². The van der Waals surface area contributed by atoms with Gasteiger partial charge < -0.3 is 10.5 Å². The maximum atomic E-state index is 5.85. The van der Waals surface area contributed by atoms with Crippen LogP contribution in [0.2, 0.25) is 0 Å². The maximum absolute atomic E-state index is 5.85. The summed E-state index contributed by atoms with van der Waals surface area (Å²) >= 11 is 0. The van der Waals surface area contributed by atoms with Gasteiger partial charge in [-0.1, -0.05) is 37.3 Å². The van der Waals surface area contributed by atoms with Crippen LogP contribution < -0.4 is 5.73 Å². The number of rotatable bonds is 4. The Kier molecular flexibility index (Phi) is 3.08. The third kappa shape index (κ3) is 2.39. The number of nitrogens with two attached hydrogens (primary N) is 1. The Bertz CT molecular complexity index is 306. The van der Waals surface area contributed by atoms with E-state index >= 15 is 0 Å². The average Bonchev–Trinajstić information content (AvgIpc) is 2.25. The van der Waals surface area contributed by atoms with E-state index in [0.29, 0.717) is 11.3 Å².